The fourth-order valence-corrected chi connectivity index (χ4v) is 1.93. The van der Waals surface area contributed by atoms with Crippen LogP contribution in [-0.2, 0) is 9.59 Å². The summed E-state index contributed by atoms with van der Waals surface area (Å²) in [6, 6.07) is 0. The predicted molar refractivity (Wildman–Crippen MR) is 57.4 cm³/mol. The van der Waals surface area contributed by atoms with Crippen molar-refractivity contribution in [1.82, 2.24) is 4.90 Å². The molecule has 2 rings (SSSR count). The van der Waals surface area contributed by atoms with Gasteiger partial charge in [0.2, 0.25) is 5.91 Å². The van der Waals surface area contributed by atoms with Gasteiger partial charge in [0.1, 0.15) is 0 Å². The van der Waals surface area contributed by atoms with Crippen LogP contribution in [0.5, 0.6) is 0 Å². The van der Waals surface area contributed by atoms with Crippen LogP contribution in [-0.4, -0.2) is 35.0 Å². The molecule has 2 aliphatic rings. The highest BCUT2D eigenvalue weighted by molar-refractivity contribution is 5.89. The van der Waals surface area contributed by atoms with Crippen molar-refractivity contribution in [2.24, 2.45) is 17.8 Å². The lowest BCUT2D eigenvalue weighted by molar-refractivity contribution is -0.141. The molecule has 0 aliphatic heterocycles. The minimum absolute atomic E-state index is 0.0720. The van der Waals surface area contributed by atoms with E-state index < -0.39 is 11.9 Å². The molecule has 2 aliphatic carbocycles. The average Bonchev–Trinajstić information content (AvgIpc) is 3.10. The minimum atomic E-state index is -0.870. The third-order valence-corrected chi connectivity index (χ3v) is 3.19. The summed E-state index contributed by atoms with van der Waals surface area (Å²) in [5.74, 6) is 1.30. The Morgan fingerprint density at radius 3 is 2.50 bits per heavy atom. The molecule has 0 heterocycles. The number of carbonyl (C=O) groups excluding carboxylic acids is 1. The first kappa shape index (κ1) is 11.0. The summed E-state index contributed by atoms with van der Waals surface area (Å²) in [6.45, 7) is 1.00. The number of hydrogen-bond acceptors (Lipinski definition) is 2. The molecule has 0 aromatic heterocycles. The normalized spacial score (nSPS) is 26.9. The largest absolute Gasteiger partial charge is 0.481 e. The van der Waals surface area contributed by atoms with Crippen LogP contribution >= 0.6 is 0 Å². The van der Waals surface area contributed by atoms with Crippen molar-refractivity contribution in [1.29, 1.82) is 0 Å². The number of carboxylic acids is 1. The summed E-state index contributed by atoms with van der Waals surface area (Å²) < 4.78 is 0. The Labute approximate surface area is 94.6 Å². The van der Waals surface area contributed by atoms with Crippen molar-refractivity contribution in [2.75, 3.05) is 13.1 Å². The van der Waals surface area contributed by atoms with Crippen molar-refractivity contribution in [3.8, 4) is 12.3 Å². The second-order valence-corrected chi connectivity index (χ2v) is 4.65. The highest BCUT2D eigenvalue weighted by Gasteiger charge is 2.50. The zero-order valence-corrected chi connectivity index (χ0v) is 9.06. The van der Waals surface area contributed by atoms with E-state index in [0.717, 1.165) is 12.8 Å². The number of terminal acetylenes is 1. The van der Waals surface area contributed by atoms with Crippen LogP contribution in [0.1, 0.15) is 19.3 Å². The lowest BCUT2D eigenvalue weighted by Crippen LogP contribution is -2.35. The molecule has 16 heavy (non-hydrogen) atoms. The van der Waals surface area contributed by atoms with Gasteiger partial charge in [-0.2, -0.15) is 0 Å². The minimum Gasteiger partial charge on any atom is -0.481 e. The van der Waals surface area contributed by atoms with E-state index in [1.54, 1.807) is 4.90 Å². The summed E-state index contributed by atoms with van der Waals surface area (Å²) in [4.78, 5) is 24.3. The van der Waals surface area contributed by atoms with Gasteiger partial charge in [-0.3, -0.25) is 9.59 Å². The van der Waals surface area contributed by atoms with Crippen LogP contribution in [0, 0.1) is 30.1 Å². The molecule has 0 radical (unpaired) electrons. The van der Waals surface area contributed by atoms with Gasteiger partial charge in [-0.25, -0.2) is 0 Å². The third-order valence-electron chi connectivity index (χ3n) is 3.19. The summed E-state index contributed by atoms with van der Waals surface area (Å²) in [5.41, 5.74) is 0. The van der Waals surface area contributed by atoms with E-state index in [4.69, 9.17) is 11.5 Å². The Kier molecular flexibility index (Phi) is 2.86. The molecule has 0 saturated heterocycles. The summed E-state index contributed by atoms with van der Waals surface area (Å²) in [6.07, 6.45) is 8.00. The number of rotatable bonds is 5. The van der Waals surface area contributed by atoms with E-state index >= 15 is 0 Å². The Hall–Kier alpha value is -1.50. The third kappa shape index (κ3) is 2.35. The van der Waals surface area contributed by atoms with Crippen LogP contribution in [0.15, 0.2) is 0 Å². The van der Waals surface area contributed by atoms with Crippen molar-refractivity contribution in [3.05, 3.63) is 0 Å². The molecule has 0 aromatic rings. The van der Waals surface area contributed by atoms with Gasteiger partial charge in [0.25, 0.3) is 0 Å². The quantitative estimate of drug-likeness (QED) is 0.691. The number of carbonyl (C=O) groups is 2. The van der Waals surface area contributed by atoms with Gasteiger partial charge in [-0.1, -0.05) is 5.92 Å². The Balaban J connectivity index is 1.90. The molecule has 2 atom stereocenters. The lowest BCUT2D eigenvalue weighted by atomic mass is 10.2. The molecule has 1 N–H and O–H groups in total. The highest BCUT2D eigenvalue weighted by atomic mass is 16.4. The monoisotopic (exact) mass is 221 g/mol. The fourth-order valence-electron chi connectivity index (χ4n) is 1.93. The molecule has 4 heteroatoms. The van der Waals surface area contributed by atoms with E-state index in [2.05, 4.69) is 5.92 Å². The first-order valence-electron chi connectivity index (χ1n) is 5.58. The molecular formula is C12H15NO3. The van der Waals surface area contributed by atoms with E-state index in [1.165, 1.54) is 0 Å². The molecule has 2 fully saturated rings. The van der Waals surface area contributed by atoms with Gasteiger partial charge in [-0.15, -0.1) is 6.42 Å². The van der Waals surface area contributed by atoms with Crippen molar-refractivity contribution >= 4 is 11.9 Å². The van der Waals surface area contributed by atoms with Gasteiger partial charge < -0.3 is 10.0 Å². The van der Waals surface area contributed by atoms with E-state index in [1.807, 2.05) is 0 Å². The van der Waals surface area contributed by atoms with Crippen molar-refractivity contribution < 1.29 is 14.7 Å². The molecule has 0 spiro atoms. The maximum atomic E-state index is 11.9. The molecule has 4 nitrogen and oxygen atoms in total. The second kappa shape index (κ2) is 4.17. The standard InChI is InChI=1S/C12H15NO3/c1-2-5-13(7-8-3-4-8)11(14)9-6-10(9)12(15)16/h1,8-10H,3-7H2,(H,15,16)/t9-,10+/m1/s1. The van der Waals surface area contributed by atoms with E-state index in [-0.39, 0.29) is 11.8 Å². The summed E-state index contributed by atoms with van der Waals surface area (Å²) in [7, 11) is 0. The van der Waals surface area contributed by atoms with E-state index in [9.17, 15) is 9.59 Å². The molecule has 2 saturated carbocycles. The zero-order valence-electron chi connectivity index (χ0n) is 9.06. The molecule has 86 valence electrons. The van der Waals surface area contributed by atoms with Crippen molar-refractivity contribution in [2.45, 2.75) is 19.3 Å². The molecule has 0 aromatic carbocycles. The summed E-state index contributed by atoms with van der Waals surface area (Å²) >= 11 is 0. The molecule has 0 unspecified atom stereocenters. The Bertz CT molecular complexity index is 354. The number of hydrogen-bond donors (Lipinski definition) is 1. The number of carboxylic acid groups (broad SMARTS) is 1. The van der Waals surface area contributed by atoms with Gasteiger partial charge in [0.05, 0.1) is 18.4 Å². The highest BCUT2D eigenvalue weighted by Crippen LogP contribution is 2.41. The first-order chi connectivity index (χ1) is 7.63. The second-order valence-electron chi connectivity index (χ2n) is 4.65. The van der Waals surface area contributed by atoms with Gasteiger partial charge in [0.15, 0.2) is 0 Å². The van der Waals surface area contributed by atoms with Crippen LogP contribution in [0.25, 0.3) is 0 Å². The van der Waals surface area contributed by atoms with Crippen LogP contribution in [0.4, 0.5) is 0 Å². The number of aliphatic carboxylic acids is 1. The zero-order chi connectivity index (χ0) is 11.7. The molecule has 0 bridgehead atoms. The maximum Gasteiger partial charge on any atom is 0.307 e. The topological polar surface area (TPSA) is 57.6 Å². The lowest BCUT2D eigenvalue weighted by Gasteiger charge is -2.19. The van der Waals surface area contributed by atoms with E-state index in [0.29, 0.717) is 25.4 Å². The fraction of sp³-hybridized carbons (Fsp3) is 0.667. The van der Waals surface area contributed by atoms with Crippen LogP contribution in [0.2, 0.25) is 0 Å². The maximum absolute atomic E-state index is 11.9. The number of amides is 1. The number of nitrogens with zero attached hydrogens (tertiary/aromatic N) is 1. The summed E-state index contributed by atoms with van der Waals surface area (Å²) in [5, 5.41) is 8.77. The Morgan fingerprint density at radius 2 is 2.06 bits per heavy atom. The van der Waals surface area contributed by atoms with Gasteiger partial charge >= 0.3 is 5.97 Å². The van der Waals surface area contributed by atoms with Crippen LogP contribution < -0.4 is 0 Å². The van der Waals surface area contributed by atoms with Gasteiger partial charge in [-0.05, 0) is 25.2 Å². The van der Waals surface area contributed by atoms with Crippen molar-refractivity contribution in [3.63, 3.8) is 0 Å². The van der Waals surface area contributed by atoms with Gasteiger partial charge in [0, 0.05) is 6.54 Å². The SMILES string of the molecule is C#CCN(CC1CC1)C(=O)[C@@H]1C[C@@H]1C(=O)O. The molecule has 1 amide bonds. The molecular weight excluding hydrogens is 206 g/mol. The van der Waals surface area contributed by atoms with Crippen LogP contribution in [0.3, 0.4) is 0 Å². The Morgan fingerprint density at radius 1 is 1.38 bits per heavy atom. The smallest absolute Gasteiger partial charge is 0.307 e. The predicted octanol–water partition coefficient (Wildman–Crippen LogP) is 0.579. The average molecular weight is 221 g/mol. The first-order valence-corrected chi connectivity index (χ1v) is 5.58.